The van der Waals surface area contributed by atoms with Gasteiger partial charge in [-0.3, -0.25) is 24.1 Å². The minimum absolute atomic E-state index is 0.0704. The highest BCUT2D eigenvalue weighted by atomic mass is 16.5. The number of hydrogen-bond donors (Lipinski definition) is 7. The van der Waals surface area contributed by atoms with Crippen molar-refractivity contribution in [2.45, 2.75) is 62.5 Å². The number of aromatic hydroxyl groups is 1. The Morgan fingerprint density at radius 3 is 2.34 bits per heavy atom. The molecule has 0 aromatic heterocycles. The number of carbonyl (C=O) groups is 4. The topological polar surface area (TPSA) is 228 Å². The number of carboxylic acid groups (broad SMARTS) is 1. The molecule has 1 aromatic rings. The van der Waals surface area contributed by atoms with Gasteiger partial charge in [0.1, 0.15) is 29.6 Å². The normalized spacial score (nSPS) is 30.1. The standard InChI is InChI=1S/C28H34N2O11/c1-11-12-7-6-8-13(31)17(12)22(35)18-16(11)24(41-15(34)10-5-4-9-14(32)33)20-21(30(2)3)23(36)19(27(29)39)26(38)28(20,40)25(18)37/h6-8,11,16,20-21,24,27,31,35,38-40H,4-5,9-10,29H2,1-3H3,(H,32,33)/t11-,16+,20+,21-,24-,27?,28-/m0/s1. The van der Waals surface area contributed by atoms with E-state index in [2.05, 4.69) is 0 Å². The van der Waals surface area contributed by atoms with E-state index in [1.807, 2.05) is 0 Å². The molecular weight excluding hydrogens is 540 g/mol. The Morgan fingerprint density at radius 2 is 1.76 bits per heavy atom. The van der Waals surface area contributed by atoms with Crippen molar-refractivity contribution in [3.63, 3.8) is 0 Å². The maximum atomic E-state index is 14.2. The Hall–Kier alpha value is -3.78. The number of unbranched alkanes of at least 4 members (excludes halogenated alkanes) is 1. The third-order valence-corrected chi connectivity index (χ3v) is 8.34. The number of fused-ring (bicyclic) bond motifs is 3. The molecule has 1 fully saturated rings. The van der Waals surface area contributed by atoms with Crippen LogP contribution in [0.2, 0.25) is 0 Å². The van der Waals surface area contributed by atoms with E-state index < -0.39 is 87.9 Å². The Labute approximate surface area is 235 Å². The summed E-state index contributed by atoms with van der Waals surface area (Å²) in [5.74, 6) is -9.65. The summed E-state index contributed by atoms with van der Waals surface area (Å²) in [6.07, 6.45) is -3.62. The van der Waals surface area contributed by atoms with Crippen LogP contribution < -0.4 is 5.73 Å². The molecule has 0 aliphatic heterocycles. The van der Waals surface area contributed by atoms with Crippen molar-refractivity contribution in [1.29, 1.82) is 0 Å². The number of phenolic OH excluding ortho intramolecular Hbond substituents is 1. The Kier molecular flexibility index (Phi) is 8.02. The lowest BCUT2D eigenvalue weighted by atomic mass is 9.54. The maximum Gasteiger partial charge on any atom is 0.306 e. The monoisotopic (exact) mass is 574 g/mol. The fourth-order valence-electron chi connectivity index (χ4n) is 6.52. The molecule has 13 nitrogen and oxygen atoms in total. The van der Waals surface area contributed by atoms with Crippen LogP contribution in [0.25, 0.3) is 5.76 Å². The van der Waals surface area contributed by atoms with Gasteiger partial charge in [-0.1, -0.05) is 19.1 Å². The number of likely N-dealkylation sites (N-methyl/N-ethyl adjacent to an activating group) is 1. The minimum atomic E-state index is -2.96. The second-order valence-corrected chi connectivity index (χ2v) is 11.0. The number of nitrogens with two attached hydrogens (primary N) is 1. The van der Waals surface area contributed by atoms with Crippen molar-refractivity contribution >= 4 is 29.3 Å². The molecule has 0 radical (unpaired) electrons. The first kappa shape index (κ1) is 30.2. The zero-order valence-electron chi connectivity index (χ0n) is 22.8. The number of nitrogens with zero attached hydrogens (tertiary/aromatic N) is 1. The lowest BCUT2D eigenvalue weighted by Gasteiger charge is -2.54. The molecule has 1 aromatic carbocycles. The number of ketones is 2. The molecule has 3 aliphatic carbocycles. The molecule has 0 saturated heterocycles. The number of carboxylic acids is 1. The summed E-state index contributed by atoms with van der Waals surface area (Å²) in [6, 6.07) is 3.02. The van der Waals surface area contributed by atoms with Crippen LogP contribution in [0.1, 0.15) is 49.7 Å². The SMILES string of the molecule is C[C@H]1c2cccc(O)c2C(O)=C2C(=O)[C@]3(O)C(O)=C(C(N)O)C(=O)[C@@H](N(C)C)[C@@H]3[C@@H](OC(=O)CCCCC(=O)O)[C@@H]21. The molecule has 7 atom stereocenters. The van der Waals surface area contributed by atoms with E-state index in [4.69, 9.17) is 15.6 Å². The smallest absolute Gasteiger partial charge is 0.306 e. The molecule has 13 heteroatoms. The lowest BCUT2D eigenvalue weighted by Crippen LogP contribution is -2.71. The molecule has 222 valence electrons. The highest BCUT2D eigenvalue weighted by Crippen LogP contribution is 2.57. The van der Waals surface area contributed by atoms with E-state index in [0.29, 0.717) is 5.56 Å². The predicted molar refractivity (Wildman–Crippen MR) is 141 cm³/mol. The molecular formula is C28H34N2O11. The van der Waals surface area contributed by atoms with Crippen LogP contribution in [0, 0.1) is 11.8 Å². The number of aliphatic carboxylic acids is 1. The van der Waals surface area contributed by atoms with Gasteiger partial charge < -0.3 is 41.1 Å². The maximum absolute atomic E-state index is 14.2. The Morgan fingerprint density at radius 1 is 1.12 bits per heavy atom. The number of Topliss-reactive ketones (excluding diaryl/α,β-unsaturated/α-hetero) is 2. The van der Waals surface area contributed by atoms with Crippen LogP contribution in [0.3, 0.4) is 0 Å². The summed E-state index contributed by atoms with van der Waals surface area (Å²) in [5.41, 5.74) is 1.70. The number of rotatable bonds is 8. The fourth-order valence-corrected chi connectivity index (χ4v) is 6.52. The van der Waals surface area contributed by atoms with Gasteiger partial charge >= 0.3 is 11.9 Å². The molecule has 41 heavy (non-hydrogen) atoms. The lowest BCUT2D eigenvalue weighted by molar-refractivity contribution is -0.185. The van der Waals surface area contributed by atoms with Crippen LogP contribution >= 0.6 is 0 Å². The molecule has 0 heterocycles. The van der Waals surface area contributed by atoms with Crippen molar-refractivity contribution in [2.75, 3.05) is 14.1 Å². The summed E-state index contributed by atoms with van der Waals surface area (Å²) >= 11 is 0. The van der Waals surface area contributed by atoms with Gasteiger partial charge in [-0.2, -0.15) is 0 Å². The second kappa shape index (κ2) is 10.9. The van der Waals surface area contributed by atoms with Gasteiger partial charge in [-0.05, 0) is 44.5 Å². The van der Waals surface area contributed by atoms with Gasteiger partial charge in [-0.15, -0.1) is 0 Å². The van der Waals surface area contributed by atoms with Crippen LogP contribution in [0.15, 0.2) is 35.1 Å². The minimum Gasteiger partial charge on any atom is -0.508 e. The highest BCUT2D eigenvalue weighted by Gasteiger charge is 2.69. The predicted octanol–water partition coefficient (Wildman–Crippen LogP) is 0.484. The first-order chi connectivity index (χ1) is 19.2. The number of aliphatic hydroxyl groups excluding tert-OH is 3. The third-order valence-electron chi connectivity index (χ3n) is 8.34. The van der Waals surface area contributed by atoms with Crippen molar-refractivity contribution < 1.29 is 54.6 Å². The van der Waals surface area contributed by atoms with E-state index in [1.165, 1.54) is 31.1 Å². The van der Waals surface area contributed by atoms with E-state index in [0.717, 1.165) is 0 Å². The number of hydrogen-bond acceptors (Lipinski definition) is 12. The Balaban J connectivity index is 1.95. The zero-order valence-corrected chi connectivity index (χ0v) is 22.8. The van der Waals surface area contributed by atoms with Crippen LogP contribution in [0.4, 0.5) is 0 Å². The zero-order chi connectivity index (χ0) is 30.5. The van der Waals surface area contributed by atoms with Crippen molar-refractivity contribution in [2.24, 2.45) is 17.6 Å². The average Bonchev–Trinajstić information content (AvgIpc) is 2.88. The van der Waals surface area contributed by atoms with Crippen LogP contribution in [0.5, 0.6) is 5.75 Å². The van der Waals surface area contributed by atoms with E-state index >= 15 is 0 Å². The number of ether oxygens (including phenoxy) is 1. The molecule has 1 unspecified atom stereocenters. The summed E-state index contributed by atoms with van der Waals surface area (Å²) in [7, 11) is 2.92. The molecule has 1 saturated carbocycles. The van der Waals surface area contributed by atoms with Crippen molar-refractivity contribution in [3.8, 4) is 5.75 Å². The number of aliphatic hydroxyl groups is 4. The quantitative estimate of drug-likeness (QED) is 0.127. The Bertz CT molecular complexity index is 1360. The van der Waals surface area contributed by atoms with E-state index in [-0.39, 0.29) is 37.0 Å². The fraction of sp³-hybridized carbons (Fsp3) is 0.500. The molecule has 3 aliphatic rings. The molecule has 4 rings (SSSR count). The van der Waals surface area contributed by atoms with Gasteiger partial charge in [0.25, 0.3) is 0 Å². The molecule has 0 bridgehead atoms. The summed E-state index contributed by atoms with van der Waals surface area (Å²) in [5, 5.41) is 64.1. The van der Waals surface area contributed by atoms with Gasteiger partial charge in [0, 0.05) is 24.3 Å². The first-order valence-electron chi connectivity index (χ1n) is 13.2. The molecule has 0 amide bonds. The molecule has 8 N–H and O–H groups in total. The summed E-state index contributed by atoms with van der Waals surface area (Å²) in [6.45, 7) is 1.67. The summed E-state index contributed by atoms with van der Waals surface area (Å²) in [4.78, 5) is 53.0. The van der Waals surface area contributed by atoms with Crippen LogP contribution in [-0.2, 0) is 23.9 Å². The van der Waals surface area contributed by atoms with Gasteiger partial charge in [0.05, 0.1) is 23.1 Å². The first-order valence-corrected chi connectivity index (χ1v) is 13.2. The van der Waals surface area contributed by atoms with Crippen molar-refractivity contribution in [3.05, 3.63) is 46.2 Å². The number of carbonyl (C=O) groups excluding carboxylic acids is 3. The summed E-state index contributed by atoms with van der Waals surface area (Å²) < 4.78 is 5.88. The second-order valence-electron chi connectivity index (χ2n) is 11.0. The number of benzene rings is 1. The van der Waals surface area contributed by atoms with Gasteiger partial charge in [0.15, 0.2) is 11.4 Å². The highest BCUT2D eigenvalue weighted by molar-refractivity contribution is 6.14. The van der Waals surface area contributed by atoms with Gasteiger partial charge in [0.2, 0.25) is 5.78 Å². The van der Waals surface area contributed by atoms with E-state index in [9.17, 15) is 44.7 Å². The van der Waals surface area contributed by atoms with Crippen molar-refractivity contribution in [1.82, 2.24) is 4.90 Å². The van der Waals surface area contributed by atoms with Crippen LogP contribution in [-0.4, -0.2) is 97.1 Å². The van der Waals surface area contributed by atoms with E-state index in [1.54, 1.807) is 13.0 Å². The largest absolute Gasteiger partial charge is 0.508 e. The number of phenols is 1. The third kappa shape index (κ3) is 4.68. The molecule has 0 spiro atoms. The number of esters is 1. The van der Waals surface area contributed by atoms with Gasteiger partial charge in [-0.25, -0.2) is 0 Å². The average molecular weight is 575 g/mol.